The summed E-state index contributed by atoms with van der Waals surface area (Å²) in [6.07, 6.45) is 7.74. The maximum Gasteiger partial charge on any atom is 0.309 e. The molecule has 3 atom stereocenters. The molecule has 2 nitrogen and oxygen atoms in total. The number of esters is 1. The van der Waals surface area contributed by atoms with Crippen LogP contribution in [0.15, 0.2) is 24.3 Å². The maximum atomic E-state index is 11.4. The van der Waals surface area contributed by atoms with Gasteiger partial charge in [-0.25, -0.2) is 0 Å². The molecule has 0 spiro atoms. The summed E-state index contributed by atoms with van der Waals surface area (Å²) in [4.78, 5) is 11.4. The Labute approximate surface area is 84.6 Å². The molecule has 0 radical (unpaired) electrons. The van der Waals surface area contributed by atoms with Gasteiger partial charge in [-0.2, -0.15) is 0 Å². The van der Waals surface area contributed by atoms with E-state index < -0.39 is 0 Å². The smallest absolute Gasteiger partial charge is 0.309 e. The first kappa shape index (κ1) is 9.50. The summed E-state index contributed by atoms with van der Waals surface area (Å²) in [5.74, 6) is 0.712. The lowest BCUT2D eigenvalue weighted by Gasteiger charge is -1.98. The highest BCUT2D eigenvalue weighted by molar-refractivity contribution is 5.78. The van der Waals surface area contributed by atoms with Gasteiger partial charge in [0.05, 0.1) is 13.0 Å². The van der Waals surface area contributed by atoms with Crippen molar-refractivity contribution in [2.24, 2.45) is 17.8 Å². The minimum Gasteiger partial charge on any atom is -0.469 e. The topological polar surface area (TPSA) is 26.3 Å². The van der Waals surface area contributed by atoms with Gasteiger partial charge in [-0.1, -0.05) is 17.7 Å². The number of hydrogen-bond donors (Lipinski definition) is 0. The van der Waals surface area contributed by atoms with E-state index in [2.05, 4.69) is 12.7 Å². The molecule has 0 saturated heterocycles. The monoisotopic (exact) mass is 192 g/mol. The number of carbonyl (C=O) groups is 1. The molecule has 76 valence electrons. The van der Waals surface area contributed by atoms with Gasteiger partial charge >= 0.3 is 5.97 Å². The summed E-state index contributed by atoms with van der Waals surface area (Å²) in [6.45, 7) is 3.78. The standard InChI is InChI=1S/C12H16O2/c1-3-9-10(8-6-4-5-7-8)11(9)12(13)14-2/h3,6,9-11H,1,4-5,7H2,2H3/t9?,10-,11-/m0/s1. The molecule has 0 aromatic rings. The second-order valence-corrected chi connectivity index (χ2v) is 4.06. The van der Waals surface area contributed by atoms with Crippen molar-refractivity contribution >= 4 is 5.97 Å². The predicted octanol–water partition coefficient (Wildman–Crippen LogP) is 2.32. The summed E-state index contributed by atoms with van der Waals surface area (Å²) in [6, 6.07) is 0. The fourth-order valence-corrected chi connectivity index (χ4v) is 2.54. The lowest BCUT2D eigenvalue weighted by molar-refractivity contribution is -0.142. The van der Waals surface area contributed by atoms with Crippen molar-refractivity contribution in [3.8, 4) is 0 Å². The molecular weight excluding hydrogens is 176 g/mol. The summed E-state index contributed by atoms with van der Waals surface area (Å²) in [5.41, 5.74) is 1.45. The Morgan fingerprint density at radius 2 is 2.50 bits per heavy atom. The van der Waals surface area contributed by atoms with E-state index in [1.807, 2.05) is 6.08 Å². The van der Waals surface area contributed by atoms with Gasteiger partial charge in [0.15, 0.2) is 0 Å². The van der Waals surface area contributed by atoms with E-state index in [0.29, 0.717) is 11.8 Å². The maximum absolute atomic E-state index is 11.4. The SMILES string of the molecule is C=CC1[C@H](C(=O)OC)[C@H]1C1=CCCC1. The highest BCUT2D eigenvalue weighted by Gasteiger charge is 2.55. The number of carbonyl (C=O) groups excluding carboxylic acids is 1. The summed E-state index contributed by atoms with van der Waals surface area (Å²) in [7, 11) is 1.46. The summed E-state index contributed by atoms with van der Waals surface area (Å²) < 4.78 is 4.78. The molecule has 0 aliphatic heterocycles. The first-order valence-corrected chi connectivity index (χ1v) is 5.19. The molecule has 0 bridgehead atoms. The van der Waals surface area contributed by atoms with Crippen LogP contribution in [0.2, 0.25) is 0 Å². The number of ether oxygens (including phenoxy) is 1. The number of hydrogen-bond acceptors (Lipinski definition) is 2. The Bertz CT molecular complexity index is 291. The van der Waals surface area contributed by atoms with Gasteiger partial charge in [-0.05, 0) is 25.2 Å². The van der Waals surface area contributed by atoms with Crippen LogP contribution in [0.5, 0.6) is 0 Å². The van der Waals surface area contributed by atoms with Crippen molar-refractivity contribution in [3.05, 3.63) is 24.3 Å². The molecule has 1 unspecified atom stereocenters. The third kappa shape index (κ3) is 1.39. The number of methoxy groups -OCH3 is 1. The average Bonchev–Trinajstić information content (AvgIpc) is 2.69. The second kappa shape index (κ2) is 3.60. The Morgan fingerprint density at radius 1 is 1.71 bits per heavy atom. The summed E-state index contributed by atoms with van der Waals surface area (Å²) in [5, 5.41) is 0. The van der Waals surface area contributed by atoms with Gasteiger partial charge in [0.1, 0.15) is 0 Å². The molecule has 14 heavy (non-hydrogen) atoms. The van der Waals surface area contributed by atoms with Gasteiger partial charge in [0.25, 0.3) is 0 Å². The zero-order valence-electron chi connectivity index (χ0n) is 8.53. The Morgan fingerprint density at radius 3 is 3.00 bits per heavy atom. The van der Waals surface area contributed by atoms with Crippen LogP contribution in [0.25, 0.3) is 0 Å². The van der Waals surface area contributed by atoms with Gasteiger partial charge < -0.3 is 4.74 Å². The second-order valence-electron chi connectivity index (χ2n) is 4.06. The molecule has 0 amide bonds. The Hall–Kier alpha value is -1.05. The van der Waals surface area contributed by atoms with E-state index >= 15 is 0 Å². The lowest BCUT2D eigenvalue weighted by atomic mass is 10.1. The lowest BCUT2D eigenvalue weighted by Crippen LogP contribution is -2.05. The molecule has 2 heteroatoms. The van der Waals surface area contributed by atoms with Crippen LogP contribution < -0.4 is 0 Å². The quantitative estimate of drug-likeness (QED) is 0.506. The fraction of sp³-hybridized carbons (Fsp3) is 0.583. The molecule has 2 rings (SSSR count). The van der Waals surface area contributed by atoms with Crippen molar-refractivity contribution in [2.45, 2.75) is 19.3 Å². The third-order valence-corrected chi connectivity index (χ3v) is 3.33. The van der Waals surface area contributed by atoms with Crippen LogP contribution in [0.3, 0.4) is 0 Å². The van der Waals surface area contributed by atoms with E-state index in [9.17, 15) is 4.79 Å². The van der Waals surface area contributed by atoms with Crippen LogP contribution >= 0.6 is 0 Å². The molecular formula is C12H16O2. The molecule has 0 aromatic heterocycles. The normalized spacial score (nSPS) is 34.9. The van der Waals surface area contributed by atoms with Crippen molar-refractivity contribution in [1.29, 1.82) is 0 Å². The average molecular weight is 192 g/mol. The van der Waals surface area contributed by atoms with E-state index in [1.54, 1.807) is 0 Å². The van der Waals surface area contributed by atoms with E-state index in [-0.39, 0.29) is 11.9 Å². The Balaban J connectivity index is 2.06. The van der Waals surface area contributed by atoms with Crippen LogP contribution in [0, 0.1) is 17.8 Å². The van der Waals surface area contributed by atoms with Crippen molar-refractivity contribution < 1.29 is 9.53 Å². The zero-order chi connectivity index (χ0) is 10.1. The van der Waals surface area contributed by atoms with Crippen LogP contribution in [0.1, 0.15) is 19.3 Å². The minimum atomic E-state index is -0.0762. The van der Waals surface area contributed by atoms with E-state index in [1.165, 1.54) is 25.5 Å². The highest BCUT2D eigenvalue weighted by atomic mass is 16.5. The van der Waals surface area contributed by atoms with Crippen molar-refractivity contribution in [3.63, 3.8) is 0 Å². The summed E-state index contributed by atoms with van der Waals surface area (Å²) >= 11 is 0. The van der Waals surface area contributed by atoms with Crippen LogP contribution in [-0.2, 0) is 9.53 Å². The number of rotatable bonds is 3. The predicted molar refractivity (Wildman–Crippen MR) is 54.6 cm³/mol. The first-order valence-electron chi connectivity index (χ1n) is 5.19. The molecule has 1 fully saturated rings. The minimum absolute atomic E-state index is 0.0573. The van der Waals surface area contributed by atoms with E-state index in [0.717, 1.165) is 6.42 Å². The molecule has 2 aliphatic carbocycles. The third-order valence-electron chi connectivity index (χ3n) is 3.33. The molecule has 2 aliphatic rings. The highest BCUT2D eigenvalue weighted by Crippen LogP contribution is 2.54. The van der Waals surface area contributed by atoms with Gasteiger partial charge in [0.2, 0.25) is 0 Å². The Kier molecular flexibility index (Phi) is 2.44. The van der Waals surface area contributed by atoms with Crippen LogP contribution in [0.4, 0.5) is 0 Å². The molecule has 0 aromatic carbocycles. The van der Waals surface area contributed by atoms with Gasteiger partial charge in [0, 0.05) is 5.92 Å². The van der Waals surface area contributed by atoms with Gasteiger partial charge in [-0.3, -0.25) is 4.79 Å². The first-order chi connectivity index (χ1) is 6.79. The number of allylic oxidation sites excluding steroid dienone is 3. The fourth-order valence-electron chi connectivity index (χ4n) is 2.54. The van der Waals surface area contributed by atoms with Crippen molar-refractivity contribution in [1.82, 2.24) is 0 Å². The van der Waals surface area contributed by atoms with E-state index in [4.69, 9.17) is 4.74 Å². The van der Waals surface area contributed by atoms with Crippen molar-refractivity contribution in [2.75, 3.05) is 7.11 Å². The molecule has 0 heterocycles. The van der Waals surface area contributed by atoms with Gasteiger partial charge in [-0.15, -0.1) is 6.58 Å². The van der Waals surface area contributed by atoms with Crippen LogP contribution in [-0.4, -0.2) is 13.1 Å². The largest absolute Gasteiger partial charge is 0.469 e. The zero-order valence-corrected chi connectivity index (χ0v) is 8.53. The molecule has 0 N–H and O–H groups in total. The molecule has 1 saturated carbocycles.